The minimum Gasteiger partial charge on any atom is -0.452 e. The standard InChI is InChI=1S/C16H18N2O7S/c19-15(17(11-5-6-11)12-7-8-26(23,24)10-12)9-25-16(20)13-3-1-2-4-14(13)18(21)22/h1-4,11-12H,5-10H2/t12-/m1/s1. The summed E-state index contributed by atoms with van der Waals surface area (Å²) >= 11 is 0. The van der Waals surface area contributed by atoms with Crippen molar-refractivity contribution in [2.24, 2.45) is 0 Å². The molecule has 2 aliphatic rings. The van der Waals surface area contributed by atoms with Gasteiger partial charge in [0.25, 0.3) is 11.6 Å². The van der Waals surface area contributed by atoms with Gasteiger partial charge >= 0.3 is 5.97 Å². The molecule has 10 heteroatoms. The fourth-order valence-corrected chi connectivity index (χ4v) is 4.85. The van der Waals surface area contributed by atoms with Crippen LogP contribution in [0.15, 0.2) is 24.3 Å². The number of ether oxygens (including phenoxy) is 1. The van der Waals surface area contributed by atoms with Gasteiger partial charge < -0.3 is 9.64 Å². The van der Waals surface area contributed by atoms with Gasteiger partial charge in [-0.1, -0.05) is 12.1 Å². The lowest BCUT2D eigenvalue weighted by molar-refractivity contribution is -0.385. The zero-order valence-electron chi connectivity index (χ0n) is 13.9. The Labute approximate surface area is 150 Å². The number of nitro benzene ring substituents is 1. The summed E-state index contributed by atoms with van der Waals surface area (Å²) in [5.74, 6) is -1.46. The van der Waals surface area contributed by atoms with Crippen LogP contribution in [0, 0.1) is 10.1 Å². The number of amides is 1. The Morgan fingerprint density at radius 1 is 1.19 bits per heavy atom. The van der Waals surface area contributed by atoms with Gasteiger partial charge in [0.2, 0.25) is 0 Å². The molecule has 9 nitrogen and oxygen atoms in total. The van der Waals surface area contributed by atoms with Crippen LogP contribution in [0.1, 0.15) is 29.6 Å². The number of para-hydroxylation sites is 1. The molecule has 0 bridgehead atoms. The van der Waals surface area contributed by atoms with E-state index in [9.17, 15) is 28.1 Å². The number of carbonyl (C=O) groups excluding carboxylic acids is 2. The average Bonchev–Trinajstić information content (AvgIpc) is 3.36. The first-order valence-corrected chi connectivity index (χ1v) is 10.0. The highest BCUT2D eigenvalue weighted by molar-refractivity contribution is 7.91. The van der Waals surface area contributed by atoms with Crippen LogP contribution in [-0.2, 0) is 19.4 Å². The smallest absolute Gasteiger partial charge is 0.345 e. The summed E-state index contributed by atoms with van der Waals surface area (Å²) in [7, 11) is -3.15. The van der Waals surface area contributed by atoms with Crippen LogP contribution in [0.3, 0.4) is 0 Å². The van der Waals surface area contributed by atoms with Crippen molar-refractivity contribution >= 4 is 27.4 Å². The molecule has 1 aromatic rings. The Bertz CT molecular complexity index is 848. The van der Waals surface area contributed by atoms with Crippen LogP contribution in [0.5, 0.6) is 0 Å². The van der Waals surface area contributed by atoms with Crippen LogP contribution < -0.4 is 0 Å². The van der Waals surface area contributed by atoms with E-state index in [1.807, 2.05) is 0 Å². The van der Waals surface area contributed by atoms with Crippen molar-refractivity contribution in [3.8, 4) is 0 Å². The number of carbonyl (C=O) groups is 2. The summed E-state index contributed by atoms with van der Waals surface area (Å²) < 4.78 is 28.3. The lowest BCUT2D eigenvalue weighted by atomic mass is 10.2. The Balaban J connectivity index is 1.66. The average molecular weight is 382 g/mol. The van der Waals surface area contributed by atoms with Gasteiger partial charge in [0.15, 0.2) is 16.4 Å². The minimum absolute atomic E-state index is 0.0226. The minimum atomic E-state index is -3.15. The Morgan fingerprint density at radius 2 is 1.88 bits per heavy atom. The number of hydrogen-bond acceptors (Lipinski definition) is 7. The van der Waals surface area contributed by atoms with Gasteiger partial charge in [0, 0.05) is 18.2 Å². The van der Waals surface area contributed by atoms with E-state index >= 15 is 0 Å². The molecule has 2 fully saturated rings. The van der Waals surface area contributed by atoms with E-state index in [1.54, 1.807) is 0 Å². The number of esters is 1. The van der Waals surface area contributed by atoms with Crippen LogP contribution in [0.4, 0.5) is 5.69 Å². The first kappa shape index (κ1) is 18.3. The largest absolute Gasteiger partial charge is 0.452 e. The molecule has 1 atom stereocenters. The second-order valence-corrected chi connectivity index (χ2v) is 8.67. The predicted molar refractivity (Wildman–Crippen MR) is 90.3 cm³/mol. The molecule has 0 spiro atoms. The van der Waals surface area contributed by atoms with E-state index in [1.165, 1.54) is 29.2 Å². The molecule has 1 aromatic carbocycles. The van der Waals surface area contributed by atoms with Crippen molar-refractivity contribution in [1.29, 1.82) is 0 Å². The third kappa shape index (κ3) is 4.01. The lowest BCUT2D eigenvalue weighted by Crippen LogP contribution is -2.44. The molecule has 1 saturated carbocycles. The highest BCUT2D eigenvalue weighted by atomic mass is 32.2. The molecule has 0 aromatic heterocycles. The first-order chi connectivity index (χ1) is 12.3. The molecule has 1 amide bonds. The molecule has 0 radical (unpaired) electrons. The van der Waals surface area contributed by atoms with Gasteiger partial charge in [0.1, 0.15) is 5.56 Å². The SMILES string of the molecule is O=C(OCC(=O)N(C1CC1)[C@@H]1CCS(=O)(=O)C1)c1ccccc1[N+](=O)[O-]. The van der Waals surface area contributed by atoms with Crippen molar-refractivity contribution in [2.45, 2.75) is 31.3 Å². The second kappa shape index (κ2) is 7.02. The highest BCUT2D eigenvalue weighted by Gasteiger charge is 2.42. The number of benzene rings is 1. The zero-order valence-corrected chi connectivity index (χ0v) is 14.7. The topological polar surface area (TPSA) is 124 Å². The molecule has 1 heterocycles. The van der Waals surface area contributed by atoms with E-state index in [-0.39, 0.29) is 23.1 Å². The quantitative estimate of drug-likeness (QED) is 0.407. The van der Waals surface area contributed by atoms with Crippen LogP contribution in [0.25, 0.3) is 0 Å². The zero-order chi connectivity index (χ0) is 18.9. The third-order valence-electron chi connectivity index (χ3n) is 4.48. The molecule has 3 rings (SSSR count). The molecule has 1 saturated heterocycles. The molecular weight excluding hydrogens is 364 g/mol. The fourth-order valence-electron chi connectivity index (χ4n) is 3.14. The summed E-state index contributed by atoms with van der Waals surface area (Å²) in [5, 5.41) is 11.0. The van der Waals surface area contributed by atoms with Crippen molar-refractivity contribution in [3.05, 3.63) is 39.9 Å². The van der Waals surface area contributed by atoms with E-state index in [0.29, 0.717) is 6.42 Å². The van der Waals surface area contributed by atoms with Crippen molar-refractivity contribution in [2.75, 3.05) is 18.1 Å². The molecule has 0 N–H and O–H groups in total. The molecule has 1 aliphatic heterocycles. The molecule has 26 heavy (non-hydrogen) atoms. The summed E-state index contributed by atoms with van der Waals surface area (Å²) in [6.07, 6.45) is 1.96. The molecule has 0 unspecified atom stereocenters. The molecular formula is C16H18N2O7S. The van der Waals surface area contributed by atoms with Crippen molar-refractivity contribution in [1.82, 2.24) is 4.90 Å². The van der Waals surface area contributed by atoms with Gasteiger partial charge in [0.05, 0.1) is 16.4 Å². The Hall–Kier alpha value is -2.49. The van der Waals surface area contributed by atoms with Crippen molar-refractivity contribution in [3.63, 3.8) is 0 Å². The summed E-state index contributed by atoms with van der Waals surface area (Å²) in [6.45, 7) is -0.571. The van der Waals surface area contributed by atoms with Gasteiger partial charge in [-0.25, -0.2) is 13.2 Å². The number of sulfone groups is 1. The van der Waals surface area contributed by atoms with Gasteiger partial charge in [-0.15, -0.1) is 0 Å². The van der Waals surface area contributed by atoms with Crippen LogP contribution in [-0.4, -0.2) is 60.3 Å². The first-order valence-electron chi connectivity index (χ1n) is 8.20. The maximum atomic E-state index is 12.5. The van der Waals surface area contributed by atoms with Crippen LogP contribution in [0.2, 0.25) is 0 Å². The molecule has 140 valence electrons. The Kier molecular flexibility index (Phi) is 4.94. The van der Waals surface area contributed by atoms with Crippen molar-refractivity contribution < 1.29 is 27.7 Å². The van der Waals surface area contributed by atoms with Crippen LogP contribution >= 0.6 is 0 Å². The lowest BCUT2D eigenvalue weighted by Gasteiger charge is -2.28. The number of rotatable bonds is 6. The van der Waals surface area contributed by atoms with E-state index in [2.05, 4.69) is 0 Å². The van der Waals surface area contributed by atoms with E-state index in [4.69, 9.17) is 4.74 Å². The monoisotopic (exact) mass is 382 g/mol. The maximum Gasteiger partial charge on any atom is 0.345 e. The maximum absolute atomic E-state index is 12.5. The van der Waals surface area contributed by atoms with E-state index in [0.717, 1.165) is 12.8 Å². The Morgan fingerprint density at radius 3 is 2.46 bits per heavy atom. The second-order valence-electron chi connectivity index (χ2n) is 6.44. The van der Waals surface area contributed by atoms with Gasteiger partial charge in [-0.05, 0) is 25.3 Å². The summed E-state index contributed by atoms with van der Waals surface area (Å²) in [4.78, 5) is 36.4. The highest BCUT2D eigenvalue weighted by Crippen LogP contribution is 2.32. The number of nitrogens with zero attached hydrogens (tertiary/aromatic N) is 2. The number of nitro groups is 1. The normalized spacial score (nSPS) is 21.2. The fraction of sp³-hybridized carbons (Fsp3) is 0.500. The number of hydrogen-bond donors (Lipinski definition) is 0. The molecule has 1 aliphatic carbocycles. The predicted octanol–water partition coefficient (Wildman–Crippen LogP) is 0.930. The van der Waals surface area contributed by atoms with Gasteiger partial charge in [-0.2, -0.15) is 0 Å². The summed E-state index contributed by atoms with van der Waals surface area (Å²) in [5.41, 5.74) is -0.627. The third-order valence-corrected chi connectivity index (χ3v) is 6.23. The van der Waals surface area contributed by atoms with E-state index < -0.39 is 45.0 Å². The van der Waals surface area contributed by atoms with Gasteiger partial charge in [-0.3, -0.25) is 14.9 Å². The summed E-state index contributed by atoms with van der Waals surface area (Å²) in [6, 6.07) is 4.90.